The fourth-order valence-corrected chi connectivity index (χ4v) is 9.03. The lowest BCUT2D eigenvalue weighted by molar-refractivity contribution is -0.137. The maximum atomic E-state index is 16.3. The fourth-order valence-electron chi connectivity index (χ4n) is 9.03. The number of para-hydroxylation sites is 4. The van der Waals surface area contributed by atoms with Crippen LogP contribution in [-0.2, 0) is 6.18 Å². The monoisotopic (exact) mass is 797 g/mol. The Kier molecular flexibility index (Phi) is 7.59. The minimum atomic E-state index is -4.85. The van der Waals surface area contributed by atoms with Gasteiger partial charge in [0.05, 0.1) is 27.6 Å². The molecule has 0 spiro atoms. The van der Waals surface area contributed by atoms with Crippen molar-refractivity contribution in [2.75, 3.05) is 0 Å². The Morgan fingerprint density at radius 3 is 1.64 bits per heavy atom. The van der Waals surface area contributed by atoms with E-state index in [0.717, 1.165) is 38.3 Å². The number of halogens is 3. The summed E-state index contributed by atoms with van der Waals surface area (Å²) in [4.78, 5) is 14.7. The third-order valence-corrected chi connectivity index (χ3v) is 11.6. The molecule has 8 aromatic carbocycles. The van der Waals surface area contributed by atoms with Gasteiger partial charge in [0.25, 0.3) is 0 Å². The molecule has 61 heavy (non-hydrogen) atoms. The molecule has 4 heterocycles. The van der Waals surface area contributed by atoms with E-state index in [-0.39, 0.29) is 22.7 Å². The van der Waals surface area contributed by atoms with Gasteiger partial charge in [0.1, 0.15) is 11.3 Å². The van der Waals surface area contributed by atoms with Crippen LogP contribution in [0.3, 0.4) is 0 Å². The van der Waals surface area contributed by atoms with Crippen molar-refractivity contribution in [2.45, 2.75) is 6.18 Å². The van der Waals surface area contributed by atoms with Crippen LogP contribution in [0.1, 0.15) is 5.56 Å². The molecule has 290 valence electrons. The zero-order valence-electron chi connectivity index (χ0n) is 32.1. The van der Waals surface area contributed by atoms with Crippen molar-refractivity contribution in [3.8, 4) is 45.5 Å². The van der Waals surface area contributed by atoms with Crippen molar-refractivity contribution in [3.63, 3.8) is 0 Å². The smallest absolute Gasteiger partial charge is 0.418 e. The number of furan rings is 1. The average Bonchev–Trinajstić information content (AvgIpc) is 3.97. The summed E-state index contributed by atoms with van der Waals surface area (Å²) >= 11 is 0. The zero-order chi connectivity index (χ0) is 40.8. The summed E-state index contributed by atoms with van der Waals surface area (Å²) in [6.45, 7) is 0. The fraction of sp³-hybridized carbons (Fsp3) is 0.0192. The van der Waals surface area contributed by atoms with Gasteiger partial charge >= 0.3 is 6.18 Å². The molecular weight excluding hydrogens is 768 g/mol. The first-order valence-electron chi connectivity index (χ1n) is 19.9. The van der Waals surface area contributed by atoms with Gasteiger partial charge in [0.2, 0.25) is 0 Å². The van der Waals surface area contributed by atoms with E-state index in [1.165, 1.54) is 6.07 Å². The van der Waals surface area contributed by atoms with Crippen molar-refractivity contribution < 1.29 is 17.6 Å². The second-order valence-electron chi connectivity index (χ2n) is 15.1. The molecule has 4 aromatic heterocycles. The molecule has 0 aliphatic carbocycles. The molecule has 6 nitrogen and oxygen atoms in total. The Morgan fingerprint density at radius 2 is 0.984 bits per heavy atom. The predicted molar refractivity (Wildman–Crippen MR) is 237 cm³/mol. The molecule has 12 aromatic rings. The molecule has 0 bridgehead atoms. The van der Waals surface area contributed by atoms with Gasteiger partial charge in [-0.2, -0.15) is 13.2 Å². The lowest BCUT2D eigenvalue weighted by atomic mass is 9.99. The molecule has 12 rings (SSSR count). The highest BCUT2D eigenvalue weighted by Gasteiger charge is 2.39. The van der Waals surface area contributed by atoms with E-state index >= 15 is 13.2 Å². The number of hydrogen-bond donors (Lipinski definition) is 0. The van der Waals surface area contributed by atoms with E-state index in [0.29, 0.717) is 50.2 Å². The normalized spacial score (nSPS) is 12.2. The van der Waals surface area contributed by atoms with Gasteiger partial charge in [-0.25, -0.2) is 15.0 Å². The second kappa shape index (κ2) is 13.2. The van der Waals surface area contributed by atoms with Gasteiger partial charge in [-0.3, -0.25) is 0 Å². The second-order valence-corrected chi connectivity index (χ2v) is 15.1. The Morgan fingerprint density at radius 1 is 0.443 bits per heavy atom. The van der Waals surface area contributed by atoms with Gasteiger partial charge in [-0.15, -0.1) is 0 Å². The summed E-state index contributed by atoms with van der Waals surface area (Å²) in [6, 6.07) is 57.1. The Balaban J connectivity index is 1.26. The van der Waals surface area contributed by atoms with E-state index in [4.69, 9.17) is 19.4 Å². The summed E-state index contributed by atoms with van der Waals surface area (Å²) in [5, 5.41) is 4.47. The Bertz CT molecular complexity index is 3630. The summed E-state index contributed by atoms with van der Waals surface area (Å²) < 4.78 is 59.5. The predicted octanol–water partition coefficient (Wildman–Crippen LogP) is 14.0. The minimum Gasteiger partial charge on any atom is -0.454 e. The molecule has 9 heteroatoms. The summed E-state index contributed by atoms with van der Waals surface area (Å²) in [7, 11) is 0. The van der Waals surface area contributed by atoms with Crippen LogP contribution < -0.4 is 0 Å². The standard InChI is InChI=1S/C52H30F3N5O/c53-52(54,55)39-30-38(51-57-49(31-16-4-1-5-17-31)56-50(58-51)32-18-6-2-7-19-32)44-37-24-12-15-27-43(37)61-48(44)47(39)60-40-25-13-10-22-34(40)35-28-29-42-45(46(35)60)36-23-11-14-26-41(36)59(42)33-20-8-3-9-21-33/h1-30H. The molecule has 0 radical (unpaired) electrons. The maximum absolute atomic E-state index is 16.3. The topological polar surface area (TPSA) is 61.7 Å². The number of hydrogen-bond acceptors (Lipinski definition) is 4. The third kappa shape index (κ3) is 5.33. The number of rotatable bonds is 5. The van der Waals surface area contributed by atoms with Crippen LogP contribution >= 0.6 is 0 Å². The highest BCUT2D eigenvalue weighted by atomic mass is 19.4. The first kappa shape index (κ1) is 35.0. The van der Waals surface area contributed by atoms with Crippen LogP contribution in [0.2, 0.25) is 0 Å². The first-order valence-corrected chi connectivity index (χ1v) is 19.9. The molecule has 0 atom stereocenters. The number of nitrogens with zero attached hydrogens (tertiary/aromatic N) is 5. The summed E-state index contributed by atoms with van der Waals surface area (Å²) in [6.07, 6.45) is -4.85. The van der Waals surface area contributed by atoms with E-state index in [2.05, 4.69) is 16.7 Å². The molecule has 0 saturated heterocycles. The molecule has 0 amide bonds. The Labute approximate surface area is 345 Å². The van der Waals surface area contributed by atoms with Crippen LogP contribution in [0.5, 0.6) is 0 Å². The average molecular weight is 798 g/mol. The van der Waals surface area contributed by atoms with Gasteiger partial charge in [0, 0.05) is 54.7 Å². The minimum absolute atomic E-state index is 0.0698. The highest BCUT2D eigenvalue weighted by molar-refractivity contribution is 6.27. The SMILES string of the molecule is FC(F)(F)c1cc(-c2nc(-c3ccccc3)nc(-c3ccccc3)n2)c2c(oc3ccccc32)c1-n1c2ccccc2c2ccc3c(c4ccccc4n3-c3ccccc3)c21. The number of fused-ring (bicyclic) bond motifs is 10. The molecule has 0 aliphatic heterocycles. The van der Waals surface area contributed by atoms with Gasteiger partial charge in [0.15, 0.2) is 23.1 Å². The molecule has 0 N–H and O–H groups in total. The van der Waals surface area contributed by atoms with Gasteiger partial charge in [-0.1, -0.05) is 140 Å². The summed E-state index contributed by atoms with van der Waals surface area (Å²) in [5.41, 5.74) is 5.09. The number of alkyl halides is 3. The van der Waals surface area contributed by atoms with Crippen molar-refractivity contribution in [3.05, 3.63) is 188 Å². The lowest BCUT2D eigenvalue weighted by Gasteiger charge is -2.19. The van der Waals surface area contributed by atoms with Crippen LogP contribution in [0.4, 0.5) is 13.2 Å². The first-order chi connectivity index (χ1) is 29.9. The molecule has 0 saturated carbocycles. The number of benzene rings is 8. The molecule has 0 aliphatic rings. The Hall–Kier alpha value is -8.04. The van der Waals surface area contributed by atoms with E-state index < -0.39 is 11.7 Å². The van der Waals surface area contributed by atoms with Crippen molar-refractivity contribution in [1.29, 1.82) is 0 Å². The van der Waals surface area contributed by atoms with Gasteiger partial charge in [-0.05, 0) is 42.5 Å². The maximum Gasteiger partial charge on any atom is 0.418 e. The summed E-state index contributed by atoms with van der Waals surface area (Å²) in [5.74, 6) is 0.766. The van der Waals surface area contributed by atoms with Crippen molar-refractivity contribution >= 4 is 65.6 Å². The molecule has 0 fully saturated rings. The molecular formula is C52H30F3N5O. The van der Waals surface area contributed by atoms with Crippen LogP contribution in [0.15, 0.2) is 186 Å². The third-order valence-electron chi connectivity index (χ3n) is 11.6. The van der Waals surface area contributed by atoms with E-state index in [1.54, 1.807) is 10.6 Å². The zero-order valence-corrected chi connectivity index (χ0v) is 32.1. The highest BCUT2D eigenvalue weighted by Crippen LogP contribution is 2.49. The molecule has 0 unspecified atom stereocenters. The van der Waals surface area contributed by atoms with E-state index in [1.807, 2.05) is 158 Å². The van der Waals surface area contributed by atoms with E-state index in [9.17, 15) is 0 Å². The van der Waals surface area contributed by atoms with Crippen LogP contribution in [0, 0.1) is 0 Å². The largest absolute Gasteiger partial charge is 0.454 e. The van der Waals surface area contributed by atoms with Crippen LogP contribution in [0.25, 0.3) is 111 Å². The van der Waals surface area contributed by atoms with Crippen molar-refractivity contribution in [1.82, 2.24) is 24.1 Å². The van der Waals surface area contributed by atoms with Crippen molar-refractivity contribution in [2.24, 2.45) is 0 Å². The quantitative estimate of drug-likeness (QED) is 0.174. The van der Waals surface area contributed by atoms with Crippen LogP contribution in [-0.4, -0.2) is 24.1 Å². The van der Waals surface area contributed by atoms with Gasteiger partial charge < -0.3 is 13.6 Å². The number of aromatic nitrogens is 5. The lowest BCUT2D eigenvalue weighted by Crippen LogP contribution is -2.12.